The van der Waals surface area contributed by atoms with Gasteiger partial charge in [0.05, 0.1) is 31.6 Å². The van der Waals surface area contributed by atoms with Crippen LogP contribution in [0.1, 0.15) is 35.9 Å². The monoisotopic (exact) mass is 442 g/mol. The first-order chi connectivity index (χ1) is 16.1. The second-order valence-corrected chi connectivity index (χ2v) is 8.37. The van der Waals surface area contributed by atoms with Crippen LogP contribution >= 0.6 is 0 Å². The average Bonchev–Trinajstić information content (AvgIpc) is 3.01. The lowest BCUT2D eigenvalue weighted by Crippen LogP contribution is -2.26. The summed E-state index contributed by atoms with van der Waals surface area (Å²) in [5.74, 6) is 1.64. The number of nitrogens with one attached hydrogen (secondary N) is 2. The number of hydrogen-bond acceptors (Lipinski definition) is 6. The van der Waals surface area contributed by atoms with Crippen LogP contribution in [0.25, 0.3) is 0 Å². The Labute approximate surface area is 192 Å². The van der Waals surface area contributed by atoms with Gasteiger partial charge in [-0.2, -0.15) is 0 Å². The summed E-state index contributed by atoms with van der Waals surface area (Å²) >= 11 is 0. The quantitative estimate of drug-likeness (QED) is 0.503. The van der Waals surface area contributed by atoms with E-state index in [-0.39, 0.29) is 23.5 Å². The first-order valence-corrected chi connectivity index (χ1v) is 11.0. The van der Waals surface area contributed by atoms with Crippen LogP contribution in [0.4, 0.5) is 11.4 Å². The fourth-order valence-electron chi connectivity index (χ4n) is 4.75. The van der Waals surface area contributed by atoms with Crippen molar-refractivity contribution in [2.24, 2.45) is 0 Å². The summed E-state index contributed by atoms with van der Waals surface area (Å²) in [4.78, 5) is 13.6. The molecule has 1 aliphatic heterocycles. The minimum absolute atomic E-state index is 0.0225. The predicted molar refractivity (Wildman–Crippen MR) is 128 cm³/mol. The third-order valence-electron chi connectivity index (χ3n) is 6.41. The van der Waals surface area contributed by atoms with E-state index in [4.69, 9.17) is 9.47 Å². The van der Waals surface area contributed by atoms with Crippen molar-refractivity contribution in [1.29, 1.82) is 0 Å². The highest BCUT2D eigenvalue weighted by molar-refractivity contribution is 6.01. The Morgan fingerprint density at radius 3 is 2.27 bits per heavy atom. The lowest BCUT2D eigenvalue weighted by molar-refractivity contribution is -0.116. The van der Waals surface area contributed by atoms with Crippen molar-refractivity contribution in [2.75, 3.05) is 24.9 Å². The van der Waals surface area contributed by atoms with E-state index < -0.39 is 0 Å². The van der Waals surface area contributed by atoms with E-state index in [1.807, 2.05) is 54.6 Å². The fourth-order valence-corrected chi connectivity index (χ4v) is 4.75. The van der Waals surface area contributed by atoms with Gasteiger partial charge >= 0.3 is 0 Å². The molecule has 0 unspecified atom stereocenters. The van der Waals surface area contributed by atoms with Gasteiger partial charge < -0.3 is 25.2 Å². The number of phenols is 1. The van der Waals surface area contributed by atoms with Crippen molar-refractivity contribution in [1.82, 2.24) is 0 Å². The summed E-state index contributed by atoms with van der Waals surface area (Å²) in [6.45, 7) is 0. The Morgan fingerprint density at radius 2 is 1.55 bits per heavy atom. The number of ether oxygens (including phenoxy) is 2. The maximum atomic E-state index is 13.6. The SMILES string of the molecule is COc1ccc([C@@H]2CC(=O)C3=C(C2)Nc2ccccc2N[C@H]3c2ccc(O)cc2)cc1OC. The largest absolute Gasteiger partial charge is 0.508 e. The van der Waals surface area contributed by atoms with Gasteiger partial charge in [-0.3, -0.25) is 4.79 Å². The molecule has 0 bridgehead atoms. The molecule has 0 fully saturated rings. The predicted octanol–water partition coefficient (Wildman–Crippen LogP) is 5.39. The first kappa shape index (κ1) is 20.9. The molecule has 0 spiro atoms. The van der Waals surface area contributed by atoms with Gasteiger partial charge in [-0.05, 0) is 59.9 Å². The molecule has 6 heteroatoms. The van der Waals surface area contributed by atoms with Crippen LogP contribution in [0.15, 0.2) is 78.0 Å². The molecular weight excluding hydrogens is 416 g/mol. The Balaban J connectivity index is 1.57. The smallest absolute Gasteiger partial charge is 0.163 e. The standard InChI is InChI=1S/C27H26N2O4/c1-32-24-12-9-17(15-25(24)33-2)18-13-22-26(23(31)14-18)27(16-7-10-19(30)11-8-16)29-21-6-4-3-5-20(21)28-22/h3-12,15,18,27-30H,13-14H2,1-2H3/t18-,27-/m0/s1. The summed E-state index contributed by atoms with van der Waals surface area (Å²) < 4.78 is 10.9. The molecule has 1 heterocycles. The minimum atomic E-state index is -0.310. The number of rotatable bonds is 4. The molecule has 168 valence electrons. The molecule has 3 N–H and O–H groups in total. The second-order valence-electron chi connectivity index (χ2n) is 8.37. The number of benzene rings is 3. The summed E-state index contributed by atoms with van der Waals surface area (Å²) in [5.41, 5.74) is 5.50. The molecule has 3 aromatic carbocycles. The molecule has 2 atom stereocenters. The first-order valence-electron chi connectivity index (χ1n) is 11.0. The van der Waals surface area contributed by atoms with E-state index in [1.165, 1.54) is 0 Å². The van der Waals surface area contributed by atoms with Crippen molar-refractivity contribution in [3.63, 3.8) is 0 Å². The number of methoxy groups -OCH3 is 2. The zero-order valence-corrected chi connectivity index (χ0v) is 18.6. The summed E-state index contributed by atoms with van der Waals surface area (Å²) in [5, 5.41) is 16.9. The van der Waals surface area contributed by atoms with Gasteiger partial charge in [-0.1, -0.05) is 30.3 Å². The van der Waals surface area contributed by atoms with E-state index in [0.717, 1.165) is 33.8 Å². The Kier molecular flexibility index (Phi) is 5.42. The minimum Gasteiger partial charge on any atom is -0.508 e. The molecule has 1 aliphatic carbocycles. The number of ketones is 1. The molecule has 5 rings (SSSR count). The van der Waals surface area contributed by atoms with Crippen LogP contribution < -0.4 is 20.1 Å². The highest BCUT2D eigenvalue weighted by atomic mass is 16.5. The van der Waals surface area contributed by atoms with Crippen molar-refractivity contribution in [3.8, 4) is 17.2 Å². The maximum absolute atomic E-state index is 13.6. The van der Waals surface area contributed by atoms with Gasteiger partial charge in [0, 0.05) is 17.7 Å². The fraction of sp³-hybridized carbons (Fsp3) is 0.222. The Bertz CT molecular complexity index is 1230. The lowest BCUT2D eigenvalue weighted by atomic mass is 9.78. The summed E-state index contributed by atoms with van der Waals surface area (Å²) in [6, 6.07) is 20.5. The van der Waals surface area contributed by atoms with Crippen LogP contribution in [0.2, 0.25) is 0 Å². The molecular formula is C27H26N2O4. The highest BCUT2D eigenvalue weighted by Crippen LogP contribution is 2.45. The number of hydrogen-bond donors (Lipinski definition) is 3. The Hall–Kier alpha value is -3.93. The number of allylic oxidation sites excluding steroid dienone is 1. The second kappa shape index (κ2) is 8.54. The molecule has 0 saturated heterocycles. The Morgan fingerprint density at radius 1 is 0.848 bits per heavy atom. The van der Waals surface area contributed by atoms with E-state index in [0.29, 0.717) is 24.3 Å². The molecule has 6 nitrogen and oxygen atoms in total. The number of anilines is 2. The maximum Gasteiger partial charge on any atom is 0.163 e. The normalized spacial score (nSPS) is 19.5. The van der Waals surface area contributed by atoms with Crippen LogP contribution in [0, 0.1) is 0 Å². The van der Waals surface area contributed by atoms with Gasteiger partial charge in [-0.15, -0.1) is 0 Å². The van der Waals surface area contributed by atoms with Crippen molar-refractivity contribution in [2.45, 2.75) is 24.8 Å². The van der Waals surface area contributed by atoms with E-state index in [2.05, 4.69) is 10.6 Å². The zero-order chi connectivity index (χ0) is 22.9. The number of carbonyl (C=O) groups excluding carboxylic acids is 1. The van der Waals surface area contributed by atoms with Gasteiger partial charge in [0.2, 0.25) is 0 Å². The molecule has 2 aliphatic rings. The van der Waals surface area contributed by atoms with Crippen molar-refractivity contribution in [3.05, 3.63) is 89.1 Å². The van der Waals surface area contributed by atoms with Gasteiger partial charge in [0.1, 0.15) is 5.75 Å². The van der Waals surface area contributed by atoms with E-state index in [1.54, 1.807) is 26.4 Å². The molecule has 0 amide bonds. The third-order valence-corrected chi connectivity index (χ3v) is 6.41. The van der Waals surface area contributed by atoms with Gasteiger partial charge in [0.15, 0.2) is 17.3 Å². The number of aromatic hydroxyl groups is 1. The van der Waals surface area contributed by atoms with Crippen LogP contribution in [0.3, 0.4) is 0 Å². The van der Waals surface area contributed by atoms with E-state index in [9.17, 15) is 9.90 Å². The number of fused-ring (bicyclic) bond motifs is 1. The zero-order valence-electron chi connectivity index (χ0n) is 18.6. The molecule has 0 saturated carbocycles. The molecule has 33 heavy (non-hydrogen) atoms. The summed E-state index contributed by atoms with van der Waals surface area (Å²) in [7, 11) is 3.23. The van der Waals surface area contributed by atoms with Gasteiger partial charge in [-0.25, -0.2) is 0 Å². The van der Waals surface area contributed by atoms with Gasteiger partial charge in [0.25, 0.3) is 0 Å². The third kappa shape index (κ3) is 3.89. The molecule has 3 aromatic rings. The van der Waals surface area contributed by atoms with Crippen molar-refractivity contribution < 1.29 is 19.4 Å². The number of phenolic OH excluding ortho intramolecular Hbond substituents is 1. The molecule has 0 radical (unpaired) electrons. The highest BCUT2D eigenvalue weighted by Gasteiger charge is 2.36. The van der Waals surface area contributed by atoms with Crippen LogP contribution in [-0.2, 0) is 4.79 Å². The lowest BCUT2D eigenvalue weighted by Gasteiger charge is -2.30. The molecule has 0 aromatic heterocycles. The average molecular weight is 443 g/mol. The van der Waals surface area contributed by atoms with Crippen LogP contribution in [-0.4, -0.2) is 25.1 Å². The summed E-state index contributed by atoms with van der Waals surface area (Å²) in [6.07, 6.45) is 1.10. The number of carbonyl (C=O) groups is 1. The number of Topliss-reactive ketones (excluding diaryl/α,β-unsaturated/α-hetero) is 1. The van der Waals surface area contributed by atoms with E-state index >= 15 is 0 Å². The van der Waals surface area contributed by atoms with Crippen LogP contribution in [0.5, 0.6) is 17.2 Å². The topological polar surface area (TPSA) is 79.8 Å². The van der Waals surface area contributed by atoms with Crippen molar-refractivity contribution >= 4 is 17.2 Å². The number of para-hydroxylation sites is 2.